The monoisotopic (exact) mass is 341 g/mol. The van der Waals surface area contributed by atoms with Crippen molar-refractivity contribution in [1.82, 2.24) is 4.98 Å². The standard InChI is InChI=1S/C18H16FN3OS/c1-9-8-10(2)20-17-14(9)15-16(24-17)18(23)22(11(3)21-15)13-7-5-4-6-12(13)19/h4-8,11,21H,1-3H3. The van der Waals surface area contributed by atoms with E-state index in [1.807, 2.05) is 26.8 Å². The van der Waals surface area contributed by atoms with E-state index in [4.69, 9.17) is 0 Å². The third kappa shape index (κ3) is 2.10. The summed E-state index contributed by atoms with van der Waals surface area (Å²) in [6.07, 6.45) is -0.347. The fourth-order valence-electron chi connectivity index (χ4n) is 3.25. The molecule has 1 aliphatic heterocycles. The van der Waals surface area contributed by atoms with E-state index in [1.165, 1.54) is 22.3 Å². The summed E-state index contributed by atoms with van der Waals surface area (Å²) in [7, 11) is 0. The molecule has 1 N–H and O–H groups in total. The Morgan fingerprint density at radius 3 is 2.79 bits per heavy atom. The number of amides is 1. The molecular weight excluding hydrogens is 325 g/mol. The van der Waals surface area contributed by atoms with Crippen molar-refractivity contribution in [1.29, 1.82) is 0 Å². The molecule has 122 valence electrons. The molecule has 0 bridgehead atoms. The number of carbonyl (C=O) groups is 1. The first-order chi connectivity index (χ1) is 11.5. The minimum absolute atomic E-state index is 0.193. The van der Waals surface area contributed by atoms with Gasteiger partial charge in [0.1, 0.15) is 21.7 Å². The summed E-state index contributed by atoms with van der Waals surface area (Å²) in [5.41, 5.74) is 3.10. The number of halogens is 1. The molecule has 24 heavy (non-hydrogen) atoms. The van der Waals surface area contributed by atoms with Gasteiger partial charge in [0.15, 0.2) is 0 Å². The molecule has 4 nitrogen and oxygen atoms in total. The number of fused-ring (bicyclic) bond motifs is 3. The van der Waals surface area contributed by atoms with Crippen LogP contribution in [0.4, 0.5) is 15.8 Å². The van der Waals surface area contributed by atoms with Crippen molar-refractivity contribution in [3.63, 3.8) is 0 Å². The van der Waals surface area contributed by atoms with E-state index in [0.29, 0.717) is 4.88 Å². The average molecular weight is 341 g/mol. The molecule has 1 amide bonds. The summed E-state index contributed by atoms with van der Waals surface area (Å²) >= 11 is 1.36. The minimum Gasteiger partial charge on any atom is -0.363 e. The van der Waals surface area contributed by atoms with Gasteiger partial charge in [0.25, 0.3) is 5.91 Å². The van der Waals surface area contributed by atoms with E-state index in [0.717, 1.165) is 27.2 Å². The van der Waals surface area contributed by atoms with Gasteiger partial charge in [-0.05, 0) is 44.5 Å². The number of anilines is 2. The third-order valence-corrected chi connectivity index (χ3v) is 5.32. The average Bonchev–Trinajstić information content (AvgIpc) is 2.87. The van der Waals surface area contributed by atoms with Gasteiger partial charge in [-0.15, -0.1) is 11.3 Å². The number of hydrogen-bond acceptors (Lipinski definition) is 4. The lowest BCUT2D eigenvalue weighted by molar-refractivity contribution is 0.0980. The fraction of sp³-hybridized carbons (Fsp3) is 0.222. The minimum atomic E-state index is -0.408. The van der Waals surface area contributed by atoms with Crippen LogP contribution >= 0.6 is 11.3 Å². The highest BCUT2D eigenvalue weighted by molar-refractivity contribution is 7.21. The molecule has 3 aromatic rings. The highest BCUT2D eigenvalue weighted by atomic mass is 32.1. The second kappa shape index (κ2) is 5.27. The number of carbonyl (C=O) groups excluding carboxylic acids is 1. The molecule has 0 radical (unpaired) electrons. The van der Waals surface area contributed by atoms with Gasteiger partial charge in [0, 0.05) is 11.1 Å². The Kier molecular flexibility index (Phi) is 3.31. The van der Waals surface area contributed by atoms with Crippen molar-refractivity contribution in [3.05, 3.63) is 52.3 Å². The van der Waals surface area contributed by atoms with Crippen molar-refractivity contribution >= 4 is 38.8 Å². The number of aryl methyl sites for hydroxylation is 2. The van der Waals surface area contributed by atoms with E-state index in [-0.39, 0.29) is 17.8 Å². The predicted octanol–water partition coefficient (Wildman–Crippen LogP) is 4.47. The van der Waals surface area contributed by atoms with Gasteiger partial charge in [-0.3, -0.25) is 9.69 Å². The molecule has 1 unspecified atom stereocenters. The number of hydrogen-bond donors (Lipinski definition) is 1. The molecule has 1 aromatic carbocycles. The van der Waals surface area contributed by atoms with Gasteiger partial charge in [0.2, 0.25) is 0 Å². The van der Waals surface area contributed by atoms with Crippen molar-refractivity contribution in [2.24, 2.45) is 0 Å². The lowest BCUT2D eigenvalue weighted by atomic mass is 10.1. The summed E-state index contributed by atoms with van der Waals surface area (Å²) in [5, 5.41) is 4.34. The molecule has 2 aromatic heterocycles. The number of pyridine rings is 1. The fourth-order valence-corrected chi connectivity index (χ4v) is 4.45. The van der Waals surface area contributed by atoms with Gasteiger partial charge in [-0.25, -0.2) is 9.37 Å². The molecule has 0 fully saturated rings. The highest BCUT2D eigenvalue weighted by Crippen LogP contribution is 2.42. The van der Waals surface area contributed by atoms with Crippen molar-refractivity contribution in [2.75, 3.05) is 10.2 Å². The van der Waals surface area contributed by atoms with E-state index < -0.39 is 5.82 Å². The first-order valence-corrected chi connectivity index (χ1v) is 8.54. The first-order valence-electron chi connectivity index (χ1n) is 7.72. The van der Waals surface area contributed by atoms with Crippen LogP contribution < -0.4 is 10.2 Å². The van der Waals surface area contributed by atoms with Crippen LogP contribution in [0.3, 0.4) is 0 Å². The lowest BCUT2D eigenvalue weighted by Gasteiger charge is -2.34. The van der Waals surface area contributed by atoms with Gasteiger partial charge >= 0.3 is 0 Å². The number of rotatable bonds is 1. The zero-order valence-electron chi connectivity index (χ0n) is 13.6. The number of thiophene rings is 1. The van der Waals surface area contributed by atoms with Crippen LogP contribution in [0, 0.1) is 19.7 Å². The second-order valence-corrected chi connectivity index (χ2v) is 7.01. The SMILES string of the molecule is Cc1cc(C)c2c3c(sc2n1)C(=O)N(c1ccccc1F)C(C)N3. The molecule has 0 aliphatic carbocycles. The number of nitrogens with zero attached hydrogens (tertiary/aromatic N) is 2. The largest absolute Gasteiger partial charge is 0.363 e. The number of benzene rings is 1. The van der Waals surface area contributed by atoms with Gasteiger partial charge in [0.05, 0.1) is 11.4 Å². The quantitative estimate of drug-likeness (QED) is 0.710. The predicted molar refractivity (Wildman–Crippen MR) is 95.4 cm³/mol. The summed E-state index contributed by atoms with van der Waals surface area (Å²) < 4.78 is 14.2. The van der Waals surface area contributed by atoms with Crippen LogP contribution in [0.25, 0.3) is 10.2 Å². The van der Waals surface area contributed by atoms with Gasteiger partial charge < -0.3 is 5.32 Å². The van der Waals surface area contributed by atoms with Crippen LogP contribution in [0.1, 0.15) is 27.9 Å². The lowest BCUT2D eigenvalue weighted by Crippen LogP contribution is -2.47. The topological polar surface area (TPSA) is 45.2 Å². The Morgan fingerprint density at radius 1 is 1.29 bits per heavy atom. The van der Waals surface area contributed by atoms with Gasteiger partial charge in [-0.2, -0.15) is 0 Å². The maximum atomic E-state index is 14.2. The first kappa shape index (κ1) is 15.1. The molecular formula is C18H16FN3OS. The van der Waals surface area contributed by atoms with Crippen LogP contribution in [0.2, 0.25) is 0 Å². The number of para-hydroxylation sites is 1. The van der Waals surface area contributed by atoms with Crippen molar-refractivity contribution < 1.29 is 9.18 Å². The Balaban J connectivity index is 1.91. The van der Waals surface area contributed by atoms with Crippen LogP contribution in [0.5, 0.6) is 0 Å². The zero-order chi connectivity index (χ0) is 17.0. The van der Waals surface area contributed by atoms with E-state index in [9.17, 15) is 9.18 Å². The molecule has 3 heterocycles. The molecule has 1 aliphatic rings. The Hall–Kier alpha value is -2.47. The molecule has 6 heteroatoms. The summed E-state index contributed by atoms with van der Waals surface area (Å²) in [6, 6.07) is 8.35. The Bertz CT molecular complexity index is 982. The van der Waals surface area contributed by atoms with Gasteiger partial charge in [-0.1, -0.05) is 12.1 Å². The molecule has 0 spiro atoms. The van der Waals surface area contributed by atoms with Crippen LogP contribution in [-0.2, 0) is 0 Å². The van der Waals surface area contributed by atoms with E-state index in [1.54, 1.807) is 18.2 Å². The number of nitrogens with one attached hydrogen (secondary N) is 1. The maximum Gasteiger partial charge on any atom is 0.272 e. The normalized spacial score (nSPS) is 17.1. The second-order valence-electron chi connectivity index (χ2n) is 6.01. The molecule has 0 saturated carbocycles. The van der Waals surface area contributed by atoms with Crippen molar-refractivity contribution in [3.8, 4) is 0 Å². The smallest absolute Gasteiger partial charge is 0.272 e. The Morgan fingerprint density at radius 2 is 2.04 bits per heavy atom. The summed E-state index contributed by atoms with van der Waals surface area (Å²) in [6.45, 7) is 5.81. The summed E-state index contributed by atoms with van der Waals surface area (Å²) in [4.78, 5) is 20.5. The molecule has 0 saturated heterocycles. The Labute approximate surface area is 142 Å². The van der Waals surface area contributed by atoms with Crippen LogP contribution in [-0.4, -0.2) is 17.1 Å². The third-order valence-electron chi connectivity index (χ3n) is 4.25. The maximum absolute atomic E-state index is 14.2. The highest BCUT2D eigenvalue weighted by Gasteiger charge is 2.35. The zero-order valence-corrected chi connectivity index (χ0v) is 14.4. The van der Waals surface area contributed by atoms with E-state index >= 15 is 0 Å². The molecule has 1 atom stereocenters. The number of aromatic nitrogens is 1. The van der Waals surface area contributed by atoms with Crippen LogP contribution in [0.15, 0.2) is 30.3 Å². The summed E-state index contributed by atoms with van der Waals surface area (Å²) in [5.74, 6) is -0.601. The van der Waals surface area contributed by atoms with Crippen molar-refractivity contribution in [2.45, 2.75) is 26.9 Å². The molecule has 4 rings (SSSR count). The van der Waals surface area contributed by atoms with E-state index in [2.05, 4.69) is 10.3 Å².